The zero-order chi connectivity index (χ0) is 25.3. The maximum atomic E-state index is 13.2. The average molecular weight is 481 g/mol. The normalized spacial score (nSPS) is 15.1. The van der Waals surface area contributed by atoms with Gasteiger partial charge in [0.2, 0.25) is 5.88 Å². The first-order valence-corrected chi connectivity index (χ1v) is 10.7. The van der Waals surface area contributed by atoms with Crippen molar-refractivity contribution < 1.29 is 19.0 Å². The Morgan fingerprint density at radius 3 is 2.40 bits per heavy atom. The fourth-order valence-corrected chi connectivity index (χ4v) is 3.89. The molecular formula is C24H24FN5O5. The molecule has 182 valence electrons. The Kier molecular flexibility index (Phi) is 6.41. The molecule has 0 saturated carbocycles. The summed E-state index contributed by atoms with van der Waals surface area (Å²) < 4.78 is 20.2. The van der Waals surface area contributed by atoms with Crippen molar-refractivity contribution in [3.63, 3.8) is 0 Å². The van der Waals surface area contributed by atoms with Gasteiger partial charge in [0.25, 0.3) is 11.5 Å². The predicted molar refractivity (Wildman–Crippen MR) is 127 cm³/mol. The highest BCUT2D eigenvalue weighted by atomic mass is 19.1. The molecule has 0 fully saturated rings. The van der Waals surface area contributed by atoms with Gasteiger partial charge in [-0.05, 0) is 42.0 Å². The highest BCUT2D eigenvalue weighted by Crippen LogP contribution is 2.34. The Bertz CT molecular complexity index is 1410. The topological polar surface area (TPSA) is 118 Å². The lowest BCUT2D eigenvalue weighted by molar-refractivity contribution is -0.131. The van der Waals surface area contributed by atoms with Crippen LogP contribution in [0.4, 0.5) is 10.1 Å². The van der Waals surface area contributed by atoms with Gasteiger partial charge in [0.05, 0.1) is 25.4 Å². The van der Waals surface area contributed by atoms with Crippen LogP contribution in [0.25, 0.3) is 0 Å². The second-order valence-corrected chi connectivity index (χ2v) is 8.04. The molecule has 0 bridgehead atoms. The summed E-state index contributed by atoms with van der Waals surface area (Å²) in [6, 6.07) is 12.1. The zero-order valence-corrected chi connectivity index (χ0v) is 19.4. The van der Waals surface area contributed by atoms with Gasteiger partial charge in [-0.2, -0.15) is 5.10 Å². The Morgan fingerprint density at radius 1 is 1.11 bits per heavy atom. The Balaban J connectivity index is 1.70. The third kappa shape index (κ3) is 4.52. The van der Waals surface area contributed by atoms with Crippen LogP contribution < -0.4 is 21.3 Å². The molecular weight excluding hydrogens is 457 g/mol. The Labute approximate surface area is 199 Å². The molecule has 1 aromatic heterocycles. The van der Waals surface area contributed by atoms with E-state index in [1.54, 1.807) is 31.4 Å². The number of nitrogens with one attached hydrogen (secondary N) is 1. The van der Waals surface area contributed by atoms with Crippen LogP contribution >= 0.6 is 0 Å². The molecule has 2 N–H and O–H groups in total. The lowest BCUT2D eigenvalue weighted by atomic mass is 9.99. The first-order valence-electron chi connectivity index (χ1n) is 10.7. The number of halogens is 1. The summed E-state index contributed by atoms with van der Waals surface area (Å²) in [4.78, 5) is 38.2. The van der Waals surface area contributed by atoms with Crippen LogP contribution in [-0.4, -0.2) is 44.5 Å². The second kappa shape index (κ2) is 9.45. The van der Waals surface area contributed by atoms with E-state index in [1.165, 1.54) is 43.4 Å². The van der Waals surface area contributed by atoms with Crippen molar-refractivity contribution in [2.45, 2.75) is 12.5 Å². The van der Waals surface area contributed by atoms with E-state index in [0.717, 1.165) is 14.7 Å². The minimum absolute atomic E-state index is 0.135. The molecule has 0 aliphatic carbocycles. The van der Waals surface area contributed by atoms with E-state index in [2.05, 4.69) is 10.4 Å². The van der Waals surface area contributed by atoms with Crippen LogP contribution in [-0.2, 0) is 18.9 Å². The third-order valence-electron chi connectivity index (χ3n) is 5.88. The van der Waals surface area contributed by atoms with Crippen molar-refractivity contribution in [3.05, 3.63) is 86.3 Å². The van der Waals surface area contributed by atoms with Crippen LogP contribution in [0.15, 0.2) is 63.2 Å². The van der Waals surface area contributed by atoms with Crippen molar-refractivity contribution >= 4 is 17.3 Å². The Hall–Kier alpha value is -4.41. The number of ether oxygens (including phenoxy) is 1. The van der Waals surface area contributed by atoms with Crippen LogP contribution in [0.5, 0.6) is 11.6 Å². The number of methoxy groups -OCH3 is 1. The number of hydrazone groups is 1. The number of carbonyl (C=O) groups excluding carboxylic acids is 1. The van der Waals surface area contributed by atoms with Crippen LogP contribution in [0, 0.1) is 5.82 Å². The van der Waals surface area contributed by atoms with Crippen LogP contribution in [0.3, 0.4) is 0 Å². The maximum Gasteiger partial charge on any atom is 0.333 e. The number of benzene rings is 2. The van der Waals surface area contributed by atoms with E-state index in [9.17, 15) is 23.9 Å². The first kappa shape index (κ1) is 23.7. The number of carbonyl (C=O) groups is 1. The van der Waals surface area contributed by atoms with Crippen molar-refractivity contribution in [2.75, 3.05) is 19.0 Å². The number of anilines is 1. The summed E-state index contributed by atoms with van der Waals surface area (Å²) in [5, 5.41) is 19.2. The minimum Gasteiger partial charge on any atom is -0.497 e. The number of hydrogen-bond acceptors (Lipinski definition) is 7. The maximum absolute atomic E-state index is 13.2. The number of rotatable bonds is 6. The quantitative estimate of drug-likeness (QED) is 0.554. The van der Waals surface area contributed by atoms with E-state index < -0.39 is 34.9 Å². The standard InChI is InChI=1S/C24H24FN5O5/c1-28-22(32)21(23(33)29(2)24(28)34)18-12-19(14-4-10-17(35-3)11-5-14)30(27-18)20(31)13-26-16-8-6-15(25)7-9-16/h4-11,19,26,32H,12-13H2,1-3H3/t19-/m1/s1. The molecule has 0 radical (unpaired) electrons. The fourth-order valence-electron chi connectivity index (χ4n) is 3.89. The van der Waals surface area contributed by atoms with Gasteiger partial charge in [0.15, 0.2) is 0 Å². The van der Waals surface area contributed by atoms with Crippen LogP contribution in [0.1, 0.15) is 23.6 Å². The molecule has 1 aliphatic heterocycles. The summed E-state index contributed by atoms with van der Waals surface area (Å²) in [7, 11) is 4.19. The molecule has 0 spiro atoms. The SMILES string of the molecule is COc1ccc([C@H]2CC(c3c(O)n(C)c(=O)n(C)c3=O)=NN2C(=O)CNc2ccc(F)cc2)cc1. The average Bonchev–Trinajstić information content (AvgIpc) is 3.31. The predicted octanol–water partition coefficient (Wildman–Crippen LogP) is 1.73. The number of aromatic nitrogens is 2. The molecule has 0 unspecified atom stereocenters. The van der Waals surface area contributed by atoms with E-state index >= 15 is 0 Å². The summed E-state index contributed by atoms with van der Waals surface area (Å²) >= 11 is 0. The van der Waals surface area contributed by atoms with Gasteiger partial charge in [0.1, 0.15) is 17.1 Å². The fraction of sp³-hybridized carbons (Fsp3) is 0.250. The molecule has 2 heterocycles. The van der Waals surface area contributed by atoms with E-state index in [-0.39, 0.29) is 24.2 Å². The molecule has 3 aromatic rings. The van der Waals surface area contributed by atoms with Crippen molar-refractivity contribution in [1.82, 2.24) is 14.1 Å². The highest BCUT2D eigenvalue weighted by Gasteiger charge is 2.35. The molecule has 11 heteroatoms. The molecule has 2 aromatic carbocycles. The molecule has 1 atom stereocenters. The summed E-state index contributed by atoms with van der Waals surface area (Å²) in [5.74, 6) is -0.697. The molecule has 0 saturated heterocycles. The van der Waals surface area contributed by atoms with Crippen molar-refractivity contribution in [3.8, 4) is 11.6 Å². The lowest BCUT2D eigenvalue weighted by Crippen LogP contribution is -2.39. The number of aromatic hydroxyl groups is 1. The van der Waals surface area contributed by atoms with Gasteiger partial charge in [-0.15, -0.1) is 0 Å². The Morgan fingerprint density at radius 2 is 1.77 bits per heavy atom. The lowest BCUT2D eigenvalue weighted by Gasteiger charge is -2.22. The molecule has 1 aliphatic rings. The van der Waals surface area contributed by atoms with Gasteiger partial charge >= 0.3 is 5.69 Å². The number of nitrogens with zero attached hydrogens (tertiary/aromatic N) is 4. The zero-order valence-electron chi connectivity index (χ0n) is 19.4. The van der Waals surface area contributed by atoms with Crippen molar-refractivity contribution in [1.29, 1.82) is 0 Å². The van der Waals surface area contributed by atoms with E-state index in [1.807, 2.05) is 0 Å². The summed E-state index contributed by atoms with van der Waals surface area (Å²) in [6.07, 6.45) is 0.135. The summed E-state index contributed by atoms with van der Waals surface area (Å²) in [5.41, 5.74) is -0.0753. The number of amides is 1. The highest BCUT2D eigenvalue weighted by molar-refractivity contribution is 6.04. The van der Waals surface area contributed by atoms with Gasteiger partial charge in [-0.25, -0.2) is 14.2 Å². The minimum atomic E-state index is -0.712. The van der Waals surface area contributed by atoms with Crippen LogP contribution in [0.2, 0.25) is 0 Å². The van der Waals surface area contributed by atoms with Gasteiger partial charge in [-0.3, -0.25) is 18.7 Å². The van der Waals surface area contributed by atoms with Gasteiger partial charge < -0.3 is 15.2 Å². The third-order valence-corrected chi connectivity index (χ3v) is 5.88. The monoisotopic (exact) mass is 481 g/mol. The largest absolute Gasteiger partial charge is 0.497 e. The van der Waals surface area contributed by atoms with E-state index in [4.69, 9.17) is 4.74 Å². The van der Waals surface area contributed by atoms with Gasteiger partial charge in [0, 0.05) is 26.2 Å². The van der Waals surface area contributed by atoms with E-state index in [0.29, 0.717) is 11.4 Å². The smallest absolute Gasteiger partial charge is 0.333 e. The molecule has 10 nitrogen and oxygen atoms in total. The number of hydrogen-bond donors (Lipinski definition) is 2. The van der Waals surface area contributed by atoms with Crippen molar-refractivity contribution in [2.24, 2.45) is 19.2 Å². The summed E-state index contributed by atoms with van der Waals surface area (Å²) in [6.45, 7) is -0.146. The first-order chi connectivity index (χ1) is 16.7. The molecule has 1 amide bonds. The molecule has 4 rings (SSSR count). The molecule has 35 heavy (non-hydrogen) atoms. The second-order valence-electron chi connectivity index (χ2n) is 8.04. The van der Waals surface area contributed by atoms with Gasteiger partial charge in [-0.1, -0.05) is 12.1 Å².